The van der Waals surface area contributed by atoms with Crippen molar-refractivity contribution >= 4 is 46.8 Å². The summed E-state index contributed by atoms with van der Waals surface area (Å²) >= 11 is 12.7. The summed E-state index contributed by atoms with van der Waals surface area (Å²) in [5.41, 5.74) is 1.60. The van der Waals surface area contributed by atoms with E-state index in [0.717, 1.165) is 11.1 Å². The van der Waals surface area contributed by atoms with Crippen LogP contribution in [0.2, 0.25) is 10.0 Å². The molecule has 1 fully saturated rings. The molecule has 4 amide bonds. The molecule has 0 aliphatic carbocycles. The minimum absolute atomic E-state index is 0.181. The van der Waals surface area contributed by atoms with Crippen LogP contribution in [0.1, 0.15) is 51.2 Å². The summed E-state index contributed by atoms with van der Waals surface area (Å²) < 4.78 is 0. The number of aromatic nitrogens is 1. The lowest BCUT2D eigenvalue weighted by Gasteiger charge is -2.27. The van der Waals surface area contributed by atoms with Crippen molar-refractivity contribution in [2.45, 2.75) is 71.1 Å². The first-order valence-corrected chi connectivity index (χ1v) is 15.0. The Morgan fingerprint density at radius 2 is 1.57 bits per heavy atom. The van der Waals surface area contributed by atoms with Crippen LogP contribution in [0.5, 0.6) is 0 Å². The van der Waals surface area contributed by atoms with E-state index in [-0.39, 0.29) is 30.6 Å². The van der Waals surface area contributed by atoms with Crippen molar-refractivity contribution in [2.75, 3.05) is 19.6 Å². The van der Waals surface area contributed by atoms with Crippen LogP contribution in [0.4, 0.5) is 0 Å². The van der Waals surface area contributed by atoms with E-state index in [1.165, 1.54) is 12.4 Å². The fourth-order valence-electron chi connectivity index (χ4n) is 4.69. The number of benzene rings is 1. The van der Waals surface area contributed by atoms with Gasteiger partial charge in [0.25, 0.3) is 0 Å². The van der Waals surface area contributed by atoms with E-state index in [2.05, 4.69) is 31.2 Å². The fraction of sp³-hybridized carbons (Fsp3) is 0.500. The molecule has 4 N–H and O–H groups in total. The molecular formula is C30H40Cl2N6O4. The van der Waals surface area contributed by atoms with Crippen LogP contribution in [-0.4, -0.2) is 71.3 Å². The van der Waals surface area contributed by atoms with Crippen molar-refractivity contribution in [3.8, 4) is 0 Å². The standard InChI is InChI=1S/C30H40Cl2N6O4/c1-19(2)27-30(42)34-12-8-14-38(18-22-23(31)16-33-17-24(22)32)13-7-11-26(39)36-25(15-21-9-5-4-6-10-21)29(41)35-20(3)28(40)37-27/h4-6,9-10,16-17,19-20,25,27H,7-8,11-15,18H2,1-3H3,(H,34,42)(H,35,41)(H,36,39)(H,37,40)/t20-,25+,27-/m1/s1. The molecule has 0 radical (unpaired) electrons. The smallest absolute Gasteiger partial charge is 0.243 e. The van der Waals surface area contributed by atoms with E-state index in [9.17, 15) is 19.2 Å². The lowest BCUT2D eigenvalue weighted by Crippen LogP contribution is -2.57. The van der Waals surface area contributed by atoms with E-state index in [4.69, 9.17) is 23.2 Å². The van der Waals surface area contributed by atoms with E-state index in [1.807, 2.05) is 44.2 Å². The van der Waals surface area contributed by atoms with Crippen LogP contribution >= 0.6 is 23.2 Å². The molecule has 1 saturated heterocycles. The Morgan fingerprint density at radius 3 is 2.24 bits per heavy atom. The number of hydrogen-bond acceptors (Lipinski definition) is 6. The number of nitrogens with one attached hydrogen (secondary N) is 4. The number of hydrogen-bond donors (Lipinski definition) is 4. The quantitative estimate of drug-likeness (QED) is 0.407. The zero-order valence-electron chi connectivity index (χ0n) is 24.3. The van der Waals surface area contributed by atoms with Gasteiger partial charge in [-0.3, -0.25) is 29.1 Å². The van der Waals surface area contributed by atoms with E-state index in [1.54, 1.807) is 6.92 Å². The minimum atomic E-state index is -0.916. The summed E-state index contributed by atoms with van der Waals surface area (Å²) in [7, 11) is 0. The predicted molar refractivity (Wildman–Crippen MR) is 163 cm³/mol. The van der Waals surface area contributed by atoms with E-state index in [0.29, 0.717) is 49.1 Å². The molecule has 42 heavy (non-hydrogen) atoms. The highest BCUT2D eigenvalue weighted by molar-refractivity contribution is 6.35. The molecule has 0 unspecified atom stereocenters. The maximum absolute atomic E-state index is 13.3. The molecule has 1 aromatic carbocycles. The van der Waals surface area contributed by atoms with Gasteiger partial charge in [0.1, 0.15) is 18.1 Å². The Labute approximate surface area is 257 Å². The number of amides is 4. The lowest BCUT2D eigenvalue weighted by atomic mass is 10.0. The summed E-state index contributed by atoms with van der Waals surface area (Å²) in [5.74, 6) is -1.71. The summed E-state index contributed by atoms with van der Waals surface area (Å²) in [6.07, 6.45) is 4.68. The van der Waals surface area contributed by atoms with Crippen molar-refractivity contribution in [1.82, 2.24) is 31.2 Å². The topological polar surface area (TPSA) is 133 Å². The van der Waals surface area contributed by atoms with Gasteiger partial charge in [0.05, 0.1) is 10.0 Å². The van der Waals surface area contributed by atoms with Crippen LogP contribution < -0.4 is 21.3 Å². The Balaban J connectivity index is 1.81. The number of carbonyl (C=O) groups excluding carboxylic acids is 4. The van der Waals surface area contributed by atoms with Gasteiger partial charge in [-0.1, -0.05) is 67.4 Å². The molecule has 10 nitrogen and oxygen atoms in total. The third-order valence-corrected chi connectivity index (χ3v) is 7.75. The molecule has 0 saturated carbocycles. The molecule has 2 aromatic rings. The van der Waals surface area contributed by atoms with Crippen molar-refractivity contribution < 1.29 is 19.2 Å². The number of pyridine rings is 1. The van der Waals surface area contributed by atoms with E-state index < -0.39 is 29.9 Å². The monoisotopic (exact) mass is 618 g/mol. The SMILES string of the molecule is CC(C)[C@H]1NC(=O)[C@@H](C)NC(=O)[C@H](Cc2ccccc2)NC(=O)CCCN(Cc2c(Cl)cncc2Cl)CCCNC1=O. The van der Waals surface area contributed by atoms with Gasteiger partial charge in [-0.05, 0) is 37.8 Å². The Bertz CT molecular complexity index is 1210. The Morgan fingerprint density at radius 1 is 0.905 bits per heavy atom. The molecule has 3 atom stereocenters. The predicted octanol–water partition coefficient (Wildman–Crippen LogP) is 2.86. The first-order chi connectivity index (χ1) is 20.0. The normalized spacial score (nSPS) is 22.4. The minimum Gasteiger partial charge on any atom is -0.354 e. The maximum atomic E-state index is 13.3. The molecular weight excluding hydrogens is 579 g/mol. The fourth-order valence-corrected chi connectivity index (χ4v) is 5.17. The number of nitrogens with zero attached hydrogens (tertiary/aromatic N) is 2. The third-order valence-electron chi connectivity index (χ3n) is 7.10. The highest BCUT2D eigenvalue weighted by Gasteiger charge is 2.29. The van der Waals surface area contributed by atoms with Gasteiger partial charge in [-0.25, -0.2) is 0 Å². The highest BCUT2D eigenvalue weighted by Crippen LogP contribution is 2.24. The third kappa shape index (κ3) is 10.3. The second kappa shape index (κ2) is 16.4. The summed E-state index contributed by atoms with van der Waals surface area (Å²) in [5, 5.41) is 12.2. The van der Waals surface area contributed by atoms with Crippen LogP contribution in [0.15, 0.2) is 42.7 Å². The summed E-state index contributed by atoms with van der Waals surface area (Å²) in [6.45, 7) is 7.24. The molecule has 12 heteroatoms. The van der Waals surface area contributed by atoms with Gasteiger partial charge in [0.2, 0.25) is 23.6 Å². The van der Waals surface area contributed by atoms with Gasteiger partial charge in [0.15, 0.2) is 0 Å². The first-order valence-electron chi connectivity index (χ1n) is 14.3. The average molecular weight is 620 g/mol. The van der Waals surface area contributed by atoms with Crippen LogP contribution in [-0.2, 0) is 32.1 Å². The second-order valence-electron chi connectivity index (χ2n) is 10.9. The van der Waals surface area contributed by atoms with Crippen molar-refractivity contribution in [2.24, 2.45) is 5.92 Å². The number of halogens is 2. The second-order valence-corrected chi connectivity index (χ2v) is 11.7. The van der Waals surface area contributed by atoms with Gasteiger partial charge >= 0.3 is 0 Å². The van der Waals surface area contributed by atoms with Gasteiger partial charge in [0, 0.05) is 50.4 Å². The van der Waals surface area contributed by atoms with E-state index >= 15 is 0 Å². The zero-order chi connectivity index (χ0) is 30.6. The number of carbonyl (C=O) groups is 4. The first kappa shape index (κ1) is 33.3. The molecule has 0 bridgehead atoms. The van der Waals surface area contributed by atoms with Gasteiger partial charge in [-0.15, -0.1) is 0 Å². The molecule has 1 aliphatic rings. The number of rotatable bonds is 5. The van der Waals surface area contributed by atoms with Crippen molar-refractivity contribution in [3.63, 3.8) is 0 Å². The van der Waals surface area contributed by atoms with Crippen molar-refractivity contribution in [1.29, 1.82) is 0 Å². The molecule has 1 aromatic heterocycles. The molecule has 2 heterocycles. The average Bonchev–Trinajstić information content (AvgIpc) is 2.94. The molecule has 228 valence electrons. The maximum Gasteiger partial charge on any atom is 0.243 e. The Hall–Kier alpha value is -3.21. The molecule has 0 spiro atoms. The molecule has 1 aliphatic heterocycles. The Kier molecular flexibility index (Phi) is 13.0. The zero-order valence-corrected chi connectivity index (χ0v) is 25.8. The van der Waals surface area contributed by atoms with Crippen molar-refractivity contribution in [3.05, 3.63) is 63.9 Å². The largest absolute Gasteiger partial charge is 0.354 e. The van der Waals surface area contributed by atoms with Gasteiger partial charge in [-0.2, -0.15) is 0 Å². The van der Waals surface area contributed by atoms with Crippen LogP contribution in [0.25, 0.3) is 0 Å². The summed E-state index contributed by atoms with van der Waals surface area (Å²) in [6, 6.07) is 6.77. The molecule has 3 rings (SSSR count). The van der Waals surface area contributed by atoms with Crippen LogP contribution in [0, 0.1) is 5.92 Å². The highest BCUT2D eigenvalue weighted by atomic mass is 35.5. The van der Waals surface area contributed by atoms with Gasteiger partial charge < -0.3 is 21.3 Å². The lowest BCUT2D eigenvalue weighted by molar-refractivity contribution is -0.134. The summed E-state index contributed by atoms with van der Waals surface area (Å²) in [4.78, 5) is 58.4. The van der Waals surface area contributed by atoms with Crippen LogP contribution in [0.3, 0.4) is 0 Å².